The number of Topliss-reactive ketones (excluding diaryl/α,β-unsaturated/α-hetero) is 1. The van der Waals surface area contributed by atoms with Gasteiger partial charge in [-0.25, -0.2) is 0 Å². The number of ketones is 1. The van der Waals surface area contributed by atoms with Gasteiger partial charge in [0.2, 0.25) is 11.7 Å². The van der Waals surface area contributed by atoms with E-state index in [-0.39, 0.29) is 30.8 Å². The van der Waals surface area contributed by atoms with Crippen molar-refractivity contribution in [2.45, 2.75) is 32.7 Å². The highest BCUT2D eigenvalue weighted by Crippen LogP contribution is 2.29. The number of fused-ring (bicyclic) bond motifs is 1. The standard InChI is InChI=1S/C25H26N2O4/c1-3-17-10-7-11-20-21(13-26-24(17)20)22(28)15-31-25(30)19-12-23(29)27(14-19)16(2)18-8-5-4-6-9-18/h4-11,13,16,19,26H,3,12,14-15H2,1-2H3/t16-,19+/m0/s1. The Kier molecular flexibility index (Phi) is 5.89. The zero-order valence-corrected chi connectivity index (χ0v) is 17.8. The molecule has 1 amide bonds. The summed E-state index contributed by atoms with van der Waals surface area (Å²) >= 11 is 0. The first-order valence-electron chi connectivity index (χ1n) is 10.6. The van der Waals surface area contributed by atoms with E-state index < -0.39 is 11.9 Å². The normalized spacial score (nSPS) is 17.2. The molecular weight excluding hydrogens is 392 g/mol. The molecule has 3 aromatic rings. The average Bonchev–Trinajstić information content (AvgIpc) is 3.41. The predicted molar refractivity (Wildman–Crippen MR) is 118 cm³/mol. The third kappa shape index (κ3) is 4.10. The molecule has 0 radical (unpaired) electrons. The van der Waals surface area contributed by atoms with Crippen LogP contribution in [0.3, 0.4) is 0 Å². The lowest BCUT2D eigenvalue weighted by molar-refractivity contribution is -0.147. The van der Waals surface area contributed by atoms with Gasteiger partial charge in [-0.05, 0) is 24.5 Å². The number of carbonyl (C=O) groups is 3. The second-order valence-corrected chi connectivity index (χ2v) is 7.96. The molecule has 1 saturated heterocycles. The molecule has 31 heavy (non-hydrogen) atoms. The Balaban J connectivity index is 1.38. The third-order valence-corrected chi connectivity index (χ3v) is 6.07. The smallest absolute Gasteiger partial charge is 0.311 e. The molecule has 0 bridgehead atoms. The Morgan fingerprint density at radius 2 is 1.94 bits per heavy atom. The van der Waals surface area contributed by atoms with Crippen LogP contribution < -0.4 is 0 Å². The molecule has 1 N–H and O–H groups in total. The summed E-state index contributed by atoms with van der Waals surface area (Å²) in [5, 5.41) is 0.833. The van der Waals surface area contributed by atoms with Gasteiger partial charge in [-0.2, -0.15) is 0 Å². The maximum atomic E-state index is 12.7. The van der Waals surface area contributed by atoms with Gasteiger partial charge in [-0.3, -0.25) is 14.4 Å². The number of aryl methyl sites for hydroxylation is 1. The van der Waals surface area contributed by atoms with Gasteiger partial charge in [0.25, 0.3) is 0 Å². The first-order chi connectivity index (χ1) is 15.0. The number of ether oxygens (including phenoxy) is 1. The van der Waals surface area contributed by atoms with Crippen LogP contribution in [0.25, 0.3) is 10.9 Å². The van der Waals surface area contributed by atoms with Crippen molar-refractivity contribution in [3.8, 4) is 0 Å². The first-order valence-corrected chi connectivity index (χ1v) is 10.6. The lowest BCUT2D eigenvalue weighted by Gasteiger charge is -2.25. The molecule has 2 atom stereocenters. The van der Waals surface area contributed by atoms with Gasteiger partial charge >= 0.3 is 5.97 Å². The second-order valence-electron chi connectivity index (χ2n) is 7.96. The Hall–Kier alpha value is -3.41. The molecule has 0 saturated carbocycles. The van der Waals surface area contributed by atoms with Crippen molar-refractivity contribution in [3.63, 3.8) is 0 Å². The summed E-state index contributed by atoms with van der Waals surface area (Å²) in [7, 11) is 0. The quantitative estimate of drug-likeness (QED) is 0.463. The number of aromatic nitrogens is 1. The number of nitrogens with one attached hydrogen (secondary N) is 1. The van der Waals surface area contributed by atoms with Gasteiger partial charge in [0.05, 0.1) is 12.0 Å². The molecular formula is C25H26N2O4. The van der Waals surface area contributed by atoms with Gasteiger partial charge in [-0.15, -0.1) is 0 Å². The van der Waals surface area contributed by atoms with E-state index in [1.54, 1.807) is 11.1 Å². The number of benzene rings is 2. The van der Waals surface area contributed by atoms with E-state index in [9.17, 15) is 14.4 Å². The minimum Gasteiger partial charge on any atom is -0.457 e. The molecule has 1 fully saturated rings. The summed E-state index contributed by atoms with van der Waals surface area (Å²) in [6.45, 7) is 3.98. The van der Waals surface area contributed by atoms with Crippen LogP contribution >= 0.6 is 0 Å². The summed E-state index contributed by atoms with van der Waals surface area (Å²) in [6.07, 6.45) is 2.63. The number of hydrogen-bond donors (Lipinski definition) is 1. The van der Waals surface area contributed by atoms with Gasteiger partial charge in [0.1, 0.15) is 0 Å². The molecule has 1 aliphatic rings. The van der Waals surface area contributed by atoms with E-state index in [1.807, 2.05) is 55.5 Å². The van der Waals surface area contributed by atoms with Crippen LogP contribution in [-0.4, -0.2) is 40.7 Å². The van der Waals surface area contributed by atoms with Crippen molar-refractivity contribution in [1.82, 2.24) is 9.88 Å². The van der Waals surface area contributed by atoms with Crippen molar-refractivity contribution in [1.29, 1.82) is 0 Å². The average molecular weight is 418 g/mol. The van der Waals surface area contributed by atoms with E-state index in [0.29, 0.717) is 12.1 Å². The van der Waals surface area contributed by atoms with Gasteiger partial charge in [0, 0.05) is 35.6 Å². The van der Waals surface area contributed by atoms with Crippen molar-refractivity contribution < 1.29 is 19.1 Å². The van der Waals surface area contributed by atoms with E-state index in [1.165, 1.54) is 0 Å². The Bertz CT molecular complexity index is 1120. The van der Waals surface area contributed by atoms with Crippen LogP contribution in [-0.2, 0) is 20.7 Å². The largest absolute Gasteiger partial charge is 0.457 e. The topological polar surface area (TPSA) is 79.5 Å². The fourth-order valence-corrected chi connectivity index (χ4v) is 4.25. The van der Waals surface area contributed by atoms with Gasteiger partial charge in [0.15, 0.2) is 6.61 Å². The van der Waals surface area contributed by atoms with Crippen LogP contribution in [0.4, 0.5) is 0 Å². The van der Waals surface area contributed by atoms with Crippen molar-refractivity contribution in [3.05, 3.63) is 71.4 Å². The molecule has 1 aromatic heterocycles. The molecule has 1 aliphatic heterocycles. The molecule has 0 unspecified atom stereocenters. The fraction of sp³-hybridized carbons (Fsp3) is 0.320. The predicted octanol–water partition coefficient (Wildman–Crippen LogP) is 4.07. The van der Waals surface area contributed by atoms with Crippen molar-refractivity contribution >= 4 is 28.6 Å². The lowest BCUT2D eigenvalue weighted by Crippen LogP contribution is -2.30. The Morgan fingerprint density at radius 3 is 2.68 bits per heavy atom. The van der Waals surface area contributed by atoms with E-state index in [0.717, 1.165) is 28.5 Å². The molecule has 160 valence electrons. The van der Waals surface area contributed by atoms with Crippen LogP contribution in [0.2, 0.25) is 0 Å². The lowest BCUT2D eigenvalue weighted by atomic mass is 10.1. The number of esters is 1. The number of aromatic amines is 1. The molecule has 4 rings (SSSR count). The summed E-state index contributed by atoms with van der Waals surface area (Å²) < 4.78 is 5.32. The summed E-state index contributed by atoms with van der Waals surface area (Å²) in [5.74, 6) is -1.39. The van der Waals surface area contributed by atoms with E-state index in [2.05, 4.69) is 11.9 Å². The zero-order chi connectivity index (χ0) is 22.0. The van der Waals surface area contributed by atoms with E-state index in [4.69, 9.17) is 4.74 Å². The first kappa shape index (κ1) is 20.8. The second kappa shape index (κ2) is 8.76. The Morgan fingerprint density at radius 1 is 1.16 bits per heavy atom. The molecule has 6 nitrogen and oxygen atoms in total. The van der Waals surface area contributed by atoms with Crippen molar-refractivity contribution in [2.75, 3.05) is 13.2 Å². The van der Waals surface area contributed by atoms with E-state index >= 15 is 0 Å². The number of carbonyl (C=O) groups excluding carboxylic acids is 3. The van der Waals surface area contributed by atoms with Gasteiger partial charge < -0.3 is 14.6 Å². The summed E-state index contributed by atoms with van der Waals surface area (Å²) in [4.78, 5) is 42.6. The summed E-state index contributed by atoms with van der Waals surface area (Å²) in [5.41, 5.74) is 3.60. The monoisotopic (exact) mass is 418 g/mol. The fourth-order valence-electron chi connectivity index (χ4n) is 4.25. The highest BCUT2D eigenvalue weighted by atomic mass is 16.5. The third-order valence-electron chi connectivity index (χ3n) is 6.07. The highest BCUT2D eigenvalue weighted by molar-refractivity contribution is 6.09. The number of likely N-dealkylation sites (tertiary alicyclic amines) is 1. The van der Waals surface area contributed by atoms with Crippen LogP contribution in [0, 0.1) is 5.92 Å². The highest BCUT2D eigenvalue weighted by Gasteiger charge is 2.38. The molecule has 6 heteroatoms. The maximum absolute atomic E-state index is 12.7. The van der Waals surface area contributed by atoms with Crippen LogP contribution in [0.5, 0.6) is 0 Å². The zero-order valence-electron chi connectivity index (χ0n) is 17.8. The Labute approximate surface area is 181 Å². The number of nitrogens with zero attached hydrogens (tertiary/aromatic N) is 1. The van der Waals surface area contributed by atoms with Crippen LogP contribution in [0.15, 0.2) is 54.7 Å². The minimum atomic E-state index is -0.555. The van der Waals surface area contributed by atoms with Gasteiger partial charge in [-0.1, -0.05) is 55.5 Å². The minimum absolute atomic E-state index is 0.0756. The number of amides is 1. The molecule has 0 aliphatic carbocycles. The van der Waals surface area contributed by atoms with Crippen molar-refractivity contribution in [2.24, 2.45) is 5.92 Å². The van der Waals surface area contributed by atoms with Crippen LogP contribution in [0.1, 0.15) is 47.8 Å². The number of rotatable bonds is 7. The molecule has 2 heterocycles. The summed E-state index contributed by atoms with van der Waals surface area (Å²) in [6, 6.07) is 15.4. The molecule has 0 spiro atoms. The maximum Gasteiger partial charge on any atom is 0.311 e. The number of hydrogen-bond acceptors (Lipinski definition) is 4. The SMILES string of the molecule is CCc1cccc2c(C(=O)COC(=O)[C@@H]3CC(=O)N([C@@H](C)c4ccccc4)C3)c[nH]c12. The number of para-hydroxylation sites is 1. The number of H-pyrrole nitrogens is 1. The molecule has 2 aromatic carbocycles.